The standard InChI is InChI=1S/C19H31NO/c1-18(2,3)13-16(20)12-17(21)11-14-7-9-15(10-8-14)19(4,5)6/h7-10,16H,11-13,20H2,1-6H3. The lowest BCUT2D eigenvalue weighted by molar-refractivity contribution is -0.118. The van der Waals surface area contributed by atoms with Crippen LogP contribution in [0.15, 0.2) is 24.3 Å². The number of hydrogen-bond acceptors (Lipinski definition) is 2. The number of Topliss-reactive ketones (excluding diaryl/α,β-unsaturated/α-hetero) is 1. The zero-order chi connectivity index (χ0) is 16.3. The highest BCUT2D eigenvalue weighted by Crippen LogP contribution is 2.23. The molecule has 1 aromatic rings. The van der Waals surface area contributed by atoms with Gasteiger partial charge in [0.15, 0.2) is 0 Å². The summed E-state index contributed by atoms with van der Waals surface area (Å²) in [6, 6.07) is 8.34. The van der Waals surface area contributed by atoms with Crippen molar-refractivity contribution in [2.45, 2.75) is 72.3 Å². The minimum atomic E-state index is -0.0358. The number of carbonyl (C=O) groups is 1. The second-order valence-corrected chi connectivity index (χ2v) is 8.39. The molecule has 21 heavy (non-hydrogen) atoms. The van der Waals surface area contributed by atoms with E-state index in [1.54, 1.807) is 0 Å². The zero-order valence-electron chi connectivity index (χ0n) is 14.5. The zero-order valence-corrected chi connectivity index (χ0v) is 14.5. The Bertz CT molecular complexity index is 460. The highest BCUT2D eigenvalue weighted by Gasteiger charge is 2.18. The van der Waals surface area contributed by atoms with Crippen molar-refractivity contribution in [3.8, 4) is 0 Å². The maximum Gasteiger partial charge on any atom is 0.138 e. The first-order valence-electron chi connectivity index (χ1n) is 7.84. The Kier molecular flexibility index (Phi) is 5.75. The van der Waals surface area contributed by atoms with E-state index in [4.69, 9.17) is 5.73 Å². The molecule has 2 heteroatoms. The van der Waals surface area contributed by atoms with Gasteiger partial charge in [-0.3, -0.25) is 4.79 Å². The van der Waals surface area contributed by atoms with Gasteiger partial charge in [0, 0.05) is 18.9 Å². The normalized spacial score (nSPS) is 14.0. The highest BCUT2D eigenvalue weighted by molar-refractivity contribution is 5.81. The second kappa shape index (κ2) is 6.74. The molecule has 1 aromatic carbocycles. The van der Waals surface area contributed by atoms with Crippen molar-refractivity contribution in [2.24, 2.45) is 11.1 Å². The van der Waals surface area contributed by atoms with Gasteiger partial charge in [-0.05, 0) is 28.4 Å². The highest BCUT2D eigenvalue weighted by atomic mass is 16.1. The number of hydrogen-bond donors (Lipinski definition) is 1. The first kappa shape index (κ1) is 17.9. The van der Waals surface area contributed by atoms with Gasteiger partial charge in [-0.15, -0.1) is 0 Å². The van der Waals surface area contributed by atoms with Crippen molar-refractivity contribution >= 4 is 5.78 Å². The smallest absolute Gasteiger partial charge is 0.138 e. The van der Waals surface area contributed by atoms with E-state index in [1.165, 1.54) is 5.56 Å². The number of benzene rings is 1. The van der Waals surface area contributed by atoms with Crippen molar-refractivity contribution in [3.63, 3.8) is 0 Å². The fourth-order valence-electron chi connectivity index (χ4n) is 2.57. The van der Waals surface area contributed by atoms with Gasteiger partial charge < -0.3 is 5.73 Å². The Morgan fingerprint density at radius 3 is 2.00 bits per heavy atom. The Labute approximate surface area is 130 Å². The molecule has 0 saturated carbocycles. The molecule has 1 atom stereocenters. The molecule has 0 heterocycles. The molecular formula is C19H31NO. The molecule has 0 aromatic heterocycles. The molecule has 0 radical (unpaired) electrons. The monoisotopic (exact) mass is 289 g/mol. The van der Waals surface area contributed by atoms with E-state index >= 15 is 0 Å². The van der Waals surface area contributed by atoms with Crippen LogP contribution >= 0.6 is 0 Å². The summed E-state index contributed by atoms with van der Waals surface area (Å²) in [6.45, 7) is 13.0. The van der Waals surface area contributed by atoms with Gasteiger partial charge in [-0.1, -0.05) is 65.8 Å². The van der Waals surface area contributed by atoms with E-state index in [1.807, 2.05) is 0 Å². The maximum absolute atomic E-state index is 12.1. The van der Waals surface area contributed by atoms with Crippen LogP contribution in [0.25, 0.3) is 0 Å². The average Bonchev–Trinajstić information content (AvgIpc) is 2.25. The molecule has 0 bridgehead atoms. The predicted octanol–water partition coefficient (Wildman–Crippen LogP) is 4.25. The van der Waals surface area contributed by atoms with Crippen LogP contribution in [0.2, 0.25) is 0 Å². The summed E-state index contributed by atoms with van der Waals surface area (Å²) in [6.07, 6.45) is 1.84. The van der Waals surface area contributed by atoms with Crippen LogP contribution in [-0.4, -0.2) is 11.8 Å². The fourth-order valence-corrected chi connectivity index (χ4v) is 2.57. The maximum atomic E-state index is 12.1. The molecule has 0 aliphatic heterocycles. The number of carbonyl (C=O) groups excluding carboxylic acids is 1. The van der Waals surface area contributed by atoms with Crippen molar-refractivity contribution in [2.75, 3.05) is 0 Å². The molecule has 0 aliphatic carbocycles. The van der Waals surface area contributed by atoms with E-state index in [2.05, 4.69) is 65.8 Å². The minimum Gasteiger partial charge on any atom is -0.327 e. The molecule has 0 fully saturated rings. The largest absolute Gasteiger partial charge is 0.327 e. The molecule has 1 rings (SSSR count). The van der Waals surface area contributed by atoms with Gasteiger partial charge in [-0.25, -0.2) is 0 Å². The molecule has 1 unspecified atom stereocenters. The third-order valence-corrected chi connectivity index (χ3v) is 3.59. The minimum absolute atomic E-state index is 0.0358. The summed E-state index contributed by atoms with van der Waals surface area (Å²) in [5.74, 6) is 0.232. The molecule has 0 aliphatic rings. The molecule has 2 N–H and O–H groups in total. The van der Waals surface area contributed by atoms with E-state index in [-0.39, 0.29) is 22.7 Å². The van der Waals surface area contributed by atoms with E-state index in [0.717, 1.165) is 12.0 Å². The predicted molar refractivity (Wildman–Crippen MR) is 90.5 cm³/mol. The number of nitrogens with two attached hydrogens (primary N) is 1. The van der Waals surface area contributed by atoms with E-state index in [0.29, 0.717) is 12.8 Å². The summed E-state index contributed by atoms with van der Waals surface area (Å²) < 4.78 is 0. The van der Waals surface area contributed by atoms with Crippen LogP contribution in [-0.2, 0) is 16.6 Å². The average molecular weight is 289 g/mol. The van der Waals surface area contributed by atoms with Crippen molar-refractivity contribution in [3.05, 3.63) is 35.4 Å². The van der Waals surface area contributed by atoms with Gasteiger partial charge in [0.1, 0.15) is 5.78 Å². The van der Waals surface area contributed by atoms with Crippen LogP contribution in [0.4, 0.5) is 0 Å². The SMILES string of the molecule is CC(C)(C)CC(N)CC(=O)Cc1ccc(C(C)(C)C)cc1. The molecule has 0 amide bonds. The van der Waals surface area contributed by atoms with Gasteiger partial charge in [-0.2, -0.15) is 0 Å². The Morgan fingerprint density at radius 2 is 1.57 bits per heavy atom. The molecule has 0 spiro atoms. The quantitative estimate of drug-likeness (QED) is 0.880. The van der Waals surface area contributed by atoms with Gasteiger partial charge in [0.05, 0.1) is 0 Å². The van der Waals surface area contributed by atoms with Crippen LogP contribution in [0.3, 0.4) is 0 Å². The van der Waals surface area contributed by atoms with Gasteiger partial charge in [0.25, 0.3) is 0 Å². The second-order valence-electron chi connectivity index (χ2n) is 8.39. The first-order chi connectivity index (χ1) is 9.47. The first-order valence-corrected chi connectivity index (χ1v) is 7.84. The van der Waals surface area contributed by atoms with Crippen molar-refractivity contribution in [1.29, 1.82) is 0 Å². The van der Waals surface area contributed by atoms with Crippen molar-refractivity contribution in [1.82, 2.24) is 0 Å². The summed E-state index contributed by atoms with van der Waals surface area (Å²) in [5, 5.41) is 0. The third kappa shape index (κ3) is 6.90. The van der Waals surface area contributed by atoms with E-state index < -0.39 is 0 Å². The molecule has 0 saturated heterocycles. The number of ketones is 1. The fraction of sp³-hybridized carbons (Fsp3) is 0.632. The summed E-state index contributed by atoms with van der Waals surface area (Å²) in [5.41, 5.74) is 8.77. The van der Waals surface area contributed by atoms with Gasteiger partial charge >= 0.3 is 0 Å². The Hall–Kier alpha value is -1.15. The number of rotatable bonds is 5. The third-order valence-electron chi connectivity index (χ3n) is 3.59. The van der Waals surface area contributed by atoms with Crippen LogP contribution in [0, 0.1) is 5.41 Å². The molecular weight excluding hydrogens is 258 g/mol. The summed E-state index contributed by atoms with van der Waals surface area (Å²) in [4.78, 5) is 12.1. The van der Waals surface area contributed by atoms with Crippen LogP contribution < -0.4 is 5.73 Å². The van der Waals surface area contributed by atoms with Gasteiger partial charge in [0.2, 0.25) is 0 Å². The lowest BCUT2D eigenvalue weighted by Gasteiger charge is -2.22. The topological polar surface area (TPSA) is 43.1 Å². The Morgan fingerprint density at radius 1 is 1.05 bits per heavy atom. The lowest BCUT2D eigenvalue weighted by Crippen LogP contribution is -2.29. The molecule has 118 valence electrons. The summed E-state index contributed by atoms with van der Waals surface area (Å²) in [7, 11) is 0. The Balaban J connectivity index is 2.56. The molecule has 2 nitrogen and oxygen atoms in total. The lowest BCUT2D eigenvalue weighted by atomic mass is 9.85. The van der Waals surface area contributed by atoms with Crippen molar-refractivity contribution < 1.29 is 4.79 Å². The summed E-state index contributed by atoms with van der Waals surface area (Å²) >= 11 is 0. The van der Waals surface area contributed by atoms with E-state index in [9.17, 15) is 4.79 Å². The van der Waals surface area contributed by atoms with Crippen LogP contribution in [0.1, 0.15) is 65.5 Å². The van der Waals surface area contributed by atoms with Crippen LogP contribution in [0.5, 0.6) is 0 Å².